The van der Waals surface area contributed by atoms with E-state index in [0.717, 1.165) is 39.3 Å². The Morgan fingerprint density at radius 1 is 0.724 bits per heavy atom. The number of benzene rings is 3. The molecule has 0 atom stereocenters. The lowest BCUT2D eigenvalue weighted by Crippen LogP contribution is -2.08. The number of hydrogen-bond acceptors (Lipinski definition) is 1. The van der Waals surface area contributed by atoms with Crippen LogP contribution in [-0.4, -0.2) is 9.55 Å². The minimum Gasteiger partial charge on any atom is -0.299 e. The molecule has 3 aromatic carbocycles. The molecule has 0 aliphatic carbocycles. The smallest absolute Gasteiger partial charge is 0.144 e. The summed E-state index contributed by atoms with van der Waals surface area (Å²) in [5.41, 5.74) is 5.73. The first-order chi connectivity index (χ1) is 14.7. The molecule has 2 nitrogen and oxygen atoms in total. The van der Waals surface area contributed by atoms with Gasteiger partial charge >= 0.3 is 0 Å². The van der Waals surface area contributed by atoms with Gasteiger partial charge in [0.2, 0.25) is 0 Å². The lowest BCUT2D eigenvalue weighted by Gasteiger charge is -2.23. The summed E-state index contributed by atoms with van der Waals surface area (Å²) in [7, 11) is 0. The van der Waals surface area contributed by atoms with E-state index >= 15 is 0 Å². The van der Waals surface area contributed by atoms with Gasteiger partial charge in [-0.3, -0.25) is 4.57 Å². The summed E-state index contributed by atoms with van der Waals surface area (Å²) in [4.78, 5) is 4.63. The van der Waals surface area contributed by atoms with E-state index in [2.05, 4.69) is 29.2 Å². The van der Waals surface area contributed by atoms with Crippen molar-refractivity contribution in [2.45, 2.75) is 39.5 Å². The third-order valence-electron chi connectivity index (χ3n) is 5.21. The molecule has 1 aromatic heterocycles. The number of nitrogens with zero attached hydrogens (tertiary/aromatic N) is 2. The van der Waals surface area contributed by atoms with Crippen LogP contribution in [0.1, 0.15) is 53.4 Å². The second kappa shape index (κ2) is 8.08. The van der Waals surface area contributed by atoms with Gasteiger partial charge in [0.25, 0.3) is 0 Å². The molecule has 0 radical (unpaired) electrons. The van der Waals surface area contributed by atoms with Crippen molar-refractivity contribution in [1.82, 2.24) is 9.55 Å². The van der Waals surface area contributed by atoms with Gasteiger partial charge in [-0.1, -0.05) is 88.4 Å². The van der Waals surface area contributed by atoms with Crippen LogP contribution >= 0.6 is 0 Å². The predicted molar refractivity (Wildman–Crippen MR) is 123 cm³/mol. The highest BCUT2D eigenvalue weighted by Crippen LogP contribution is 2.37. The first-order valence-electron chi connectivity index (χ1n) is 11.0. The molecule has 1 heterocycles. The second-order valence-electron chi connectivity index (χ2n) is 7.77. The van der Waals surface area contributed by atoms with Crippen LogP contribution < -0.4 is 0 Å². The molecular formula is C27H28N2. The summed E-state index contributed by atoms with van der Waals surface area (Å²) in [6.45, 7) is 7.61. The Bertz CT molecular complexity index is 1150. The van der Waals surface area contributed by atoms with Crippen LogP contribution in [0.15, 0.2) is 85.2 Å². The van der Waals surface area contributed by atoms with Crippen molar-refractivity contribution < 1.29 is 2.74 Å². The van der Waals surface area contributed by atoms with E-state index in [9.17, 15) is 0 Å². The molecule has 4 rings (SSSR count). The van der Waals surface area contributed by atoms with Gasteiger partial charge in [-0.15, -0.1) is 0 Å². The molecule has 0 saturated heterocycles. The number of rotatable bonds is 5. The molecule has 0 N–H and O–H groups in total. The molecular weight excluding hydrogens is 352 g/mol. The van der Waals surface area contributed by atoms with Crippen molar-refractivity contribution in [2.24, 2.45) is 0 Å². The molecule has 0 unspecified atom stereocenters. The predicted octanol–water partition coefficient (Wildman–Crippen LogP) is 7.45. The molecule has 29 heavy (non-hydrogen) atoms. The van der Waals surface area contributed by atoms with E-state index in [1.165, 1.54) is 0 Å². The van der Waals surface area contributed by atoms with Gasteiger partial charge < -0.3 is 0 Å². The maximum Gasteiger partial charge on any atom is 0.144 e. The Labute approximate surface area is 176 Å². The molecule has 0 saturated carbocycles. The van der Waals surface area contributed by atoms with Crippen LogP contribution in [0.3, 0.4) is 0 Å². The average molecular weight is 383 g/mol. The zero-order chi connectivity index (χ0) is 22.2. The maximum atomic E-state index is 8.96. The fourth-order valence-electron chi connectivity index (χ4n) is 3.74. The van der Waals surface area contributed by atoms with E-state index in [0.29, 0.717) is 0 Å². The fourth-order valence-corrected chi connectivity index (χ4v) is 3.74. The summed E-state index contributed by atoms with van der Waals surface area (Å²) < 4.78 is 20.0. The molecule has 146 valence electrons. The molecule has 0 fully saturated rings. The van der Waals surface area contributed by atoms with Gasteiger partial charge in [0, 0.05) is 20.7 Å². The summed E-state index contributed by atoms with van der Waals surface area (Å²) in [6, 6.07) is 24.4. The van der Waals surface area contributed by atoms with Crippen molar-refractivity contribution in [2.75, 3.05) is 0 Å². The zero-order valence-corrected chi connectivity index (χ0v) is 17.5. The number of hydrogen-bond donors (Lipinski definition) is 0. The highest BCUT2D eigenvalue weighted by atomic mass is 15.1. The van der Waals surface area contributed by atoms with Crippen LogP contribution in [0, 0.1) is 0 Å². The topological polar surface area (TPSA) is 17.8 Å². The molecule has 0 spiro atoms. The van der Waals surface area contributed by atoms with Crippen molar-refractivity contribution in [3.8, 4) is 28.2 Å². The minimum absolute atomic E-state index is 0.809. The van der Waals surface area contributed by atoms with Gasteiger partial charge in [0.15, 0.2) is 0 Å². The number of imidazole rings is 1. The van der Waals surface area contributed by atoms with Crippen LogP contribution in [0.4, 0.5) is 0 Å². The molecule has 0 aliphatic rings. The molecule has 0 aliphatic heterocycles. The summed E-state index contributed by atoms with van der Waals surface area (Å²) >= 11 is 0. The fraction of sp³-hybridized carbons (Fsp3) is 0.222. The Morgan fingerprint density at radius 3 is 1.76 bits per heavy atom. The van der Waals surface area contributed by atoms with E-state index < -0.39 is 11.8 Å². The van der Waals surface area contributed by atoms with Crippen LogP contribution in [-0.2, 0) is 0 Å². The SMILES string of the molecule is [2H]C(C)(C)c1cc(-c2ccccc2)cc(C([2H])(C)C)c1-n1ccnc1-c1ccccc1. The van der Waals surface area contributed by atoms with Gasteiger partial charge in [-0.2, -0.15) is 0 Å². The first kappa shape index (κ1) is 16.8. The Morgan fingerprint density at radius 2 is 1.24 bits per heavy atom. The lowest BCUT2D eigenvalue weighted by atomic mass is 9.88. The molecule has 2 heteroatoms. The monoisotopic (exact) mass is 382 g/mol. The van der Waals surface area contributed by atoms with Gasteiger partial charge in [0.05, 0.1) is 5.69 Å². The highest BCUT2D eigenvalue weighted by Gasteiger charge is 2.20. The summed E-state index contributed by atoms with van der Waals surface area (Å²) in [6.07, 6.45) is 3.72. The molecule has 4 aromatic rings. The van der Waals surface area contributed by atoms with E-state index in [1.54, 1.807) is 6.20 Å². The zero-order valence-electron chi connectivity index (χ0n) is 19.5. The van der Waals surface area contributed by atoms with Crippen LogP contribution in [0.25, 0.3) is 28.2 Å². The molecule has 0 bridgehead atoms. The summed E-state index contributed by atoms with van der Waals surface area (Å²) in [5, 5.41) is 0. The standard InChI is InChI=1S/C27H28N2/c1-19(2)24-17-23(21-11-7-5-8-12-21)18-25(20(3)4)26(24)29-16-15-28-27(29)22-13-9-6-10-14-22/h5-20H,1-4H3/i19D,20D. The third kappa shape index (κ3) is 3.75. The van der Waals surface area contributed by atoms with Crippen molar-refractivity contribution in [3.05, 3.63) is 96.3 Å². The third-order valence-corrected chi connectivity index (χ3v) is 5.21. The normalized spacial score (nSPS) is 13.1. The number of aromatic nitrogens is 2. The van der Waals surface area contributed by atoms with Crippen molar-refractivity contribution in [3.63, 3.8) is 0 Å². The quantitative estimate of drug-likeness (QED) is 0.350. The Balaban J connectivity index is 2.06. The minimum atomic E-state index is -0.863. The van der Waals surface area contributed by atoms with E-state index in [1.807, 2.05) is 87.0 Å². The Kier molecular flexibility index (Phi) is 4.68. The highest BCUT2D eigenvalue weighted by molar-refractivity contribution is 5.71. The maximum absolute atomic E-state index is 8.96. The van der Waals surface area contributed by atoms with Crippen LogP contribution in [0.5, 0.6) is 0 Å². The van der Waals surface area contributed by atoms with E-state index in [-0.39, 0.29) is 0 Å². The van der Waals surface area contributed by atoms with E-state index in [4.69, 9.17) is 2.74 Å². The molecule has 0 amide bonds. The van der Waals surface area contributed by atoms with Crippen molar-refractivity contribution >= 4 is 0 Å². The van der Waals surface area contributed by atoms with Crippen LogP contribution in [0.2, 0.25) is 0 Å². The van der Waals surface area contributed by atoms with Gasteiger partial charge in [0.1, 0.15) is 5.82 Å². The largest absolute Gasteiger partial charge is 0.299 e. The summed E-state index contributed by atoms with van der Waals surface area (Å²) in [5.74, 6) is -0.916. The van der Waals surface area contributed by atoms with Gasteiger partial charge in [-0.25, -0.2) is 4.98 Å². The Hall–Kier alpha value is -3.13. The second-order valence-corrected chi connectivity index (χ2v) is 7.77. The average Bonchev–Trinajstić information content (AvgIpc) is 3.22. The van der Waals surface area contributed by atoms with Gasteiger partial charge in [-0.05, 0) is 46.2 Å². The van der Waals surface area contributed by atoms with Crippen molar-refractivity contribution in [1.29, 1.82) is 0 Å². The lowest BCUT2D eigenvalue weighted by molar-refractivity contribution is 0.807. The first-order valence-corrected chi connectivity index (χ1v) is 10.00.